The molecule has 0 radical (unpaired) electrons. The molecule has 0 bridgehead atoms. The number of pyridine rings is 1. The number of aromatic hydroxyl groups is 2. The van der Waals surface area contributed by atoms with Crippen molar-refractivity contribution in [3.8, 4) is 11.5 Å². The normalized spacial score (nSPS) is 19.3. The molecule has 2 aromatic heterocycles. The van der Waals surface area contributed by atoms with Crippen LogP contribution in [0.2, 0.25) is 0 Å². The molecule has 0 spiro atoms. The van der Waals surface area contributed by atoms with Gasteiger partial charge in [0, 0.05) is 34.0 Å². The molecule has 0 saturated carbocycles. The van der Waals surface area contributed by atoms with Crippen LogP contribution in [-0.4, -0.2) is 87.3 Å². The summed E-state index contributed by atoms with van der Waals surface area (Å²) in [4.78, 5) is 65.8. The van der Waals surface area contributed by atoms with E-state index in [1.54, 1.807) is 24.5 Å². The molecule has 1 saturated heterocycles. The van der Waals surface area contributed by atoms with Crippen LogP contribution in [-0.2, 0) is 24.0 Å². The molecule has 0 aliphatic carbocycles. The first-order valence-corrected chi connectivity index (χ1v) is 15.5. The lowest BCUT2D eigenvalue weighted by atomic mass is 10.0. The number of carboxylic acid groups (broad SMARTS) is 2. The predicted octanol–water partition coefficient (Wildman–Crippen LogP) is 0.894. The summed E-state index contributed by atoms with van der Waals surface area (Å²) in [7, 11) is 0. The number of benzene rings is 1. The Hall–Kier alpha value is -4.85. The van der Waals surface area contributed by atoms with Crippen LogP contribution in [0, 0.1) is 0 Å². The fraction of sp³-hybridized carbons (Fsp3) is 0.192. The van der Waals surface area contributed by atoms with Crippen molar-refractivity contribution in [1.29, 1.82) is 0 Å². The Kier molecular flexibility index (Phi) is 9.14. The van der Waals surface area contributed by atoms with E-state index in [2.05, 4.69) is 20.4 Å². The molecule has 1 fully saturated rings. The SMILES string of the molecule is Nc1nc(/C(=N/O[C@H](C(=O)O)c2ccc(O)c(O)c2)C(=O)N[C@@H]2C(=O)N3C(C(=O)O)=C(C(N)Sc4ccncc4)CS[C@H]23)cs1. The van der Waals surface area contributed by atoms with E-state index >= 15 is 0 Å². The van der Waals surface area contributed by atoms with Gasteiger partial charge in [-0.05, 0) is 29.8 Å². The highest BCUT2D eigenvalue weighted by molar-refractivity contribution is 8.01. The zero-order chi connectivity index (χ0) is 32.4. The number of hydrogen-bond donors (Lipinski definition) is 7. The largest absolute Gasteiger partial charge is 0.504 e. The minimum Gasteiger partial charge on any atom is -0.504 e. The van der Waals surface area contributed by atoms with Crippen molar-refractivity contribution in [2.75, 3.05) is 11.5 Å². The van der Waals surface area contributed by atoms with Gasteiger partial charge in [-0.1, -0.05) is 11.2 Å². The molecule has 234 valence electrons. The molecule has 2 aliphatic heterocycles. The van der Waals surface area contributed by atoms with E-state index in [0.29, 0.717) is 5.57 Å². The zero-order valence-corrected chi connectivity index (χ0v) is 25.1. The van der Waals surface area contributed by atoms with Crippen LogP contribution in [0.1, 0.15) is 17.4 Å². The number of nitrogens with zero attached hydrogens (tertiary/aromatic N) is 4. The first-order chi connectivity index (χ1) is 21.5. The Labute approximate surface area is 265 Å². The average molecular weight is 674 g/mol. The van der Waals surface area contributed by atoms with Crippen LogP contribution in [0.4, 0.5) is 5.13 Å². The molecule has 4 atom stereocenters. The molecule has 2 aliphatic rings. The van der Waals surface area contributed by atoms with Gasteiger partial charge in [-0.25, -0.2) is 14.6 Å². The number of carbonyl (C=O) groups is 4. The van der Waals surface area contributed by atoms with Gasteiger partial charge < -0.3 is 42.0 Å². The number of hydrogen-bond acceptors (Lipinski definition) is 15. The van der Waals surface area contributed by atoms with E-state index in [4.69, 9.17) is 16.3 Å². The molecule has 16 nitrogen and oxygen atoms in total. The molecule has 9 N–H and O–H groups in total. The van der Waals surface area contributed by atoms with E-state index in [9.17, 15) is 39.6 Å². The third kappa shape index (κ3) is 6.50. The first kappa shape index (κ1) is 31.6. The molecule has 19 heteroatoms. The summed E-state index contributed by atoms with van der Waals surface area (Å²) in [6, 6.07) is 5.44. The van der Waals surface area contributed by atoms with Gasteiger partial charge >= 0.3 is 11.9 Å². The van der Waals surface area contributed by atoms with E-state index < -0.39 is 63.9 Å². The zero-order valence-electron chi connectivity index (χ0n) is 22.6. The van der Waals surface area contributed by atoms with E-state index in [-0.39, 0.29) is 27.8 Å². The predicted molar refractivity (Wildman–Crippen MR) is 162 cm³/mol. The molecule has 2 amide bonds. The highest BCUT2D eigenvalue weighted by Crippen LogP contribution is 2.43. The maximum atomic E-state index is 13.4. The Morgan fingerprint density at radius 3 is 2.51 bits per heavy atom. The fourth-order valence-electron chi connectivity index (χ4n) is 4.36. The summed E-state index contributed by atoms with van der Waals surface area (Å²) in [5.41, 5.74) is 11.4. The van der Waals surface area contributed by atoms with Crippen molar-refractivity contribution in [2.24, 2.45) is 10.9 Å². The maximum absolute atomic E-state index is 13.4. The summed E-state index contributed by atoms with van der Waals surface area (Å²) in [6.45, 7) is 0. The van der Waals surface area contributed by atoms with Crippen molar-refractivity contribution in [2.45, 2.75) is 27.8 Å². The smallest absolute Gasteiger partial charge is 0.352 e. The lowest BCUT2D eigenvalue weighted by molar-refractivity contribution is -0.151. The standard InChI is InChI=1S/C26H23N7O9S3/c27-20(45-11-3-5-29-6-4-11)12-8-43-23-17(22(37)33(23)18(12)24(38)39)31-21(36)16(13-9-44-26(28)30-13)32-42-19(25(40)41)10-1-2-14(34)15(35)7-10/h1-7,9,17,19-20,23,34-35H,8,27H2,(H2,28,30)(H,31,36)(H,38,39)(H,40,41)/b32-16-/t17-,19+,20?,23-/m1/s1. The number of nitrogen functional groups attached to an aromatic ring is 1. The molecular weight excluding hydrogens is 651 g/mol. The lowest BCUT2D eigenvalue weighted by Gasteiger charge is -2.49. The molecule has 45 heavy (non-hydrogen) atoms. The molecule has 1 unspecified atom stereocenters. The number of thioether (sulfide) groups is 2. The Balaban J connectivity index is 1.37. The Bertz CT molecular complexity index is 1730. The Morgan fingerprint density at radius 2 is 1.89 bits per heavy atom. The number of thiazole rings is 1. The van der Waals surface area contributed by atoms with Gasteiger partial charge in [-0.15, -0.1) is 34.9 Å². The quantitative estimate of drug-likeness (QED) is 0.0372. The summed E-state index contributed by atoms with van der Waals surface area (Å²) in [5, 5.41) is 45.1. The maximum Gasteiger partial charge on any atom is 0.352 e. The number of nitrogens with two attached hydrogens (primary N) is 2. The molecule has 3 aromatic rings. The fourth-order valence-corrected chi connectivity index (χ4v) is 7.33. The summed E-state index contributed by atoms with van der Waals surface area (Å²) < 4.78 is 0. The average Bonchev–Trinajstić information content (AvgIpc) is 3.44. The number of β-lactam (4-membered cyclic amide) rings is 1. The number of nitrogens with one attached hydrogen (secondary N) is 1. The van der Waals surface area contributed by atoms with Gasteiger partial charge in [-0.2, -0.15) is 0 Å². The van der Waals surface area contributed by atoms with Crippen molar-refractivity contribution in [3.63, 3.8) is 0 Å². The van der Waals surface area contributed by atoms with Crippen molar-refractivity contribution < 1.29 is 44.4 Å². The van der Waals surface area contributed by atoms with Gasteiger partial charge in [-0.3, -0.25) is 19.5 Å². The van der Waals surface area contributed by atoms with Crippen LogP contribution in [0.5, 0.6) is 11.5 Å². The van der Waals surface area contributed by atoms with Crippen LogP contribution in [0.15, 0.2) is 69.4 Å². The van der Waals surface area contributed by atoms with Gasteiger partial charge in [0.25, 0.3) is 11.8 Å². The number of oxime groups is 1. The van der Waals surface area contributed by atoms with Crippen molar-refractivity contribution in [3.05, 3.63) is 70.6 Å². The lowest BCUT2D eigenvalue weighted by Crippen LogP contribution is -2.71. The van der Waals surface area contributed by atoms with Crippen LogP contribution >= 0.6 is 34.9 Å². The number of carboxylic acids is 2. The van der Waals surface area contributed by atoms with E-state index in [1.165, 1.54) is 35.0 Å². The Morgan fingerprint density at radius 1 is 1.16 bits per heavy atom. The number of carbonyl (C=O) groups excluding carboxylic acids is 2. The summed E-state index contributed by atoms with van der Waals surface area (Å²) >= 11 is 3.37. The number of amides is 2. The molecule has 1 aromatic carbocycles. The van der Waals surface area contributed by atoms with Gasteiger partial charge in [0.1, 0.15) is 22.8 Å². The molecule has 5 rings (SSSR count). The van der Waals surface area contributed by atoms with Gasteiger partial charge in [0.2, 0.25) is 6.10 Å². The highest BCUT2D eigenvalue weighted by Gasteiger charge is 2.55. The second-order valence-electron chi connectivity index (χ2n) is 9.34. The van der Waals surface area contributed by atoms with Crippen molar-refractivity contribution in [1.82, 2.24) is 20.2 Å². The van der Waals surface area contributed by atoms with Crippen LogP contribution < -0.4 is 16.8 Å². The number of phenolic OH excluding ortho intramolecular Hbond substituents is 2. The number of anilines is 1. The van der Waals surface area contributed by atoms with Gasteiger partial charge in [0.05, 0.1) is 5.37 Å². The van der Waals surface area contributed by atoms with Crippen LogP contribution in [0.25, 0.3) is 0 Å². The first-order valence-electron chi connectivity index (χ1n) is 12.7. The van der Waals surface area contributed by atoms with E-state index in [0.717, 1.165) is 33.3 Å². The molecule has 4 heterocycles. The van der Waals surface area contributed by atoms with Crippen molar-refractivity contribution >= 4 is 69.5 Å². The third-order valence-electron chi connectivity index (χ3n) is 6.50. The monoisotopic (exact) mass is 673 g/mol. The minimum atomic E-state index is -1.82. The van der Waals surface area contributed by atoms with Crippen LogP contribution in [0.3, 0.4) is 0 Å². The second-order valence-corrected chi connectivity index (χ2v) is 12.6. The molecular formula is C26H23N7O9S3. The van der Waals surface area contributed by atoms with Gasteiger partial charge in [0.15, 0.2) is 22.3 Å². The summed E-state index contributed by atoms with van der Waals surface area (Å²) in [6.07, 6.45) is 1.32. The minimum absolute atomic E-state index is 0.0576. The number of phenols is 2. The highest BCUT2D eigenvalue weighted by atomic mass is 32.2. The number of rotatable bonds is 11. The number of aliphatic carboxylic acids is 2. The summed E-state index contributed by atoms with van der Waals surface area (Å²) in [5.74, 6) is -5.52. The third-order valence-corrected chi connectivity index (χ3v) is 9.56. The second kappa shape index (κ2) is 13.0. The van der Waals surface area contributed by atoms with E-state index in [1.807, 2.05) is 0 Å². The number of fused-ring (bicyclic) bond motifs is 1. The number of aromatic nitrogens is 2. The topological polar surface area (TPSA) is 264 Å².